The van der Waals surface area contributed by atoms with Gasteiger partial charge in [-0.25, -0.2) is 5.01 Å². The Kier molecular flexibility index (Phi) is 6.29. The van der Waals surface area contributed by atoms with Gasteiger partial charge in [0.1, 0.15) is 18.2 Å². The second kappa shape index (κ2) is 9.84. The topological polar surface area (TPSA) is 122 Å². The molecular formula is C28H24N4O4. The molecule has 36 heavy (non-hydrogen) atoms. The fourth-order valence-corrected chi connectivity index (χ4v) is 4.64. The van der Waals surface area contributed by atoms with E-state index in [2.05, 4.69) is 11.5 Å². The number of allylic oxidation sites excluding steroid dienone is 3. The van der Waals surface area contributed by atoms with Crippen LogP contribution in [0, 0.1) is 11.3 Å². The maximum atomic E-state index is 13.2. The lowest BCUT2D eigenvalue weighted by atomic mass is 9.76. The second-order valence-corrected chi connectivity index (χ2v) is 8.58. The summed E-state index contributed by atoms with van der Waals surface area (Å²) in [5, 5.41) is 11.5. The summed E-state index contributed by atoms with van der Waals surface area (Å²) < 4.78 is 11.2. The lowest BCUT2D eigenvalue weighted by Crippen LogP contribution is -2.48. The molecule has 1 aliphatic heterocycles. The number of Topliss-reactive ketones (excluding diaryl/α,β-unsaturated/α-hetero) is 1. The standard InChI is InChI=1S/C28H24N4O4/c29-16-21-25(19-9-4-10-20(15-19)36-17-18-7-2-1-3-8-18)26-22(11-5-12-23(26)33)32(27(21)30)31-28(34)24-13-6-14-35-24/h1-4,6-10,13-15,25H,5,11-12,17,30H2,(H,31,34). The highest BCUT2D eigenvalue weighted by Crippen LogP contribution is 2.44. The monoisotopic (exact) mass is 480 g/mol. The molecule has 2 heterocycles. The summed E-state index contributed by atoms with van der Waals surface area (Å²) in [6.07, 6.45) is 2.90. The normalized spacial score (nSPS) is 17.5. The number of hydrazine groups is 1. The number of benzene rings is 2. The predicted molar refractivity (Wildman–Crippen MR) is 131 cm³/mol. The zero-order valence-electron chi connectivity index (χ0n) is 19.4. The first kappa shape index (κ1) is 23.0. The van der Waals surface area contributed by atoms with Crippen molar-refractivity contribution >= 4 is 11.7 Å². The van der Waals surface area contributed by atoms with Gasteiger partial charge >= 0.3 is 5.91 Å². The number of carbonyl (C=O) groups is 2. The number of nitrogens with two attached hydrogens (primary N) is 1. The predicted octanol–water partition coefficient (Wildman–Crippen LogP) is 4.30. The molecular weight excluding hydrogens is 456 g/mol. The van der Waals surface area contributed by atoms with Gasteiger partial charge in [-0.2, -0.15) is 5.26 Å². The number of nitrogens with zero attached hydrogens (tertiary/aromatic N) is 2. The van der Waals surface area contributed by atoms with Crippen molar-refractivity contribution in [3.63, 3.8) is 0 Å². The van der Waals surface area contributed by atoms with Crippen molar-refractivity contribution in [2.75, 3.05) is 0 Å². The number of ketones is 1. The van der Waals surface area contributed by atoms with Crippen molar-refractivity contribution in [3.05, 3.63) is 113 Å². The number of hydrogen-bond acceptors (Lipinski definition) is 7. The van der Waals surface area contributed by atoms with E-state index in [1.807, 2.05) is 54.6 Å². The third-order valence-corrected chi connectivity index (χ3v) is 6.31. The molecule has 1 atom stereocenters. The molecule has 2 aromatic carbocycles. The molecule has 1 aromatic heterocycles. The van der Waals surface area contributed by atoms with Gasteiger partial charge in [0.05, 0.1) is 23.8 Å². The molecule has 3 N–H and O–H groups in total. The molecule has 1 aliphatic carbocycles. The Bertz CT molecular complexity index is 1400. The van der Waals surface area contributed by atoms with E-state index in [1.165, 1.54) is 17.3 Å². The van der Waals surface area contributed by atoms with E-state index in [9.17, 15) is 14.9 Å². The Morgan fingerprint density at radius 2 is 1.97 bits per heavy atom. The van der Waals surface area contributed by atoms with Gasteiger partial charge in [0.15, 0.2) is 11.5 Å². The summed E-state index contributed by atoms with van der Waals surface area (Å²) in [5.74, 6) is -0.474. The molecule has 0 radical (unpaired) electrons. The fourth-order valence-electron chi connectivity index (χ4n) is 4.64. The third kappa shape index (κ3) is 4.34. The maximum Gasteiger partial charge on any atom is 0.305 e. The van der Waals surface area contributed by atoms with E-state index in [4.69, 9.17) is 14.9 Å². The highest BCUT2D eigenvalue weighted by Gasteiger charge is 2.40. The van der Waals surface area contributed by atoms with Crippen LogP contribution in [0.15, 0.2) is 100 Å². The van der Waals surface area contributed by atoms with Crippen molar-refractivity contribution in [1.82, 2.24) is 10.4 Å². The minimum absolute atomic E-state index is 0.0747. The Hall–Kier alpha value is -4.77. The lowest BCUT2D eigenvalue weighted by Gasteiger charge is -2.39. The molecule has 3 aromatic rings. The second-order valence-electron chi connectivity index (χ2n) is 8.58. The maximum absolute atomic E-state index is 13.2. The highest BCUT2D eigenvalue weighted by atomic mass is 16.5. The van der Waals surface area contributed by atoms with Gasteiger partial charge in [-0.3, -0.25) is 15.0 Å². The Morgan fingerprint density at radius 3 is 2.72 bits per heavy atom. The smallest absolute Gasteiger partial charge is 0.305 e. The van der Waals surface area contributed by atoms with Crippen LogP contribution in [0.25, 0.3) is 0 Å². The van der Waals surface area contributed by atoms with Crippen molar-refractivity contribution < 1.29 is 18.7 Å². The minimum Gasteiger partial charge on any atom is -0.489 e. The molecule has 0 fully saturated rings. The average Bonchev–Trinajstić information content (AvgIpc) is 3.45. The van der Waals surface area contributed by atoms with E-state index < -0.39 is 11.8 Å². The third-order valence-electron chi connectivity index (χ3n) is 6.31. The summed E-state index contributed by atoms with van der Waals surface area (Å²) in [7, 11) is 0. The number of ether oxygens (including phenoxy) is 1. The molecule has 0 saturated carbocycles. The number of carbonyl (C=O) groups excluding carboxylic acids is 2. The first-order valence-corrected chi connectivity index (χ1v) is 11.6. The molecule has 0 spiro atoms. The molecule has 1 amide bonds. The quantitative estimate of drug-likeness (QED) is 0.539. The minimum atomic E-state index is -0.658. The molecule has 0 saturated heterocycles. The van der Waals surface area contributed by atoms with Gasteiger partial charge in [-0.15, -0.1) is 0 Å². The number of furan rings is 1. The summed E-state index contributed by atoms with van der Waals surface area (Å²) >= 11 is 0. The molecule has 8 nitrogen and oxygen atoms in total. The Morgan fingerprint density at radius 1 is 1.14 bits per heavy atom. The van der Waals surface area contributed by atoms with E-state index in [1.54, 1.807) is 6.07 Å². The van der Waals surface area contributed by atoms with Crippen LogP contribution in [0.2, 0.25) is 0 Å². The van der Waals surface area contributed by atoms with Gasteiger partial charge in [0.2, 0.25) is 0 Å². The summed E-state index contributed by atoms with van der Waals surface area (Å²) in [6.45, 7) is 0.386. The fraction of sp³-hybridized carbons (Fsp3) is 0.179. The van der Waals surface area contributed by atoms with E-state index in [0.29, 0.717) is 42.9 Å². The average molecular weight is 481 g/mol. The number of amides is 1. The lowest BCUT2D eigenvalue weighted by molar-refractivity contribution is -0.116. The Balaban J connectivity index is 1.51. The van der Waals surface area contributed by atoms with E-state index in [-0.39, 0.29) is 22.9 Å². The van der Waals surface area contributed by atoms with Crippen LogP contribution in [0.4, 0.5) is 0 Å². The first-order valence-electron chi connectivity index (χ1n) is 11.6. The van der Waals surface area contributed by atoms with Gasteiger partial charge in [0, 0.05) is 17.7 Å². The number of nitriles is 1. The zero-order chi connectivity index (χ0) is 25.1. The van der Waals surface area contributed by atoms with Crippen LogP contribution in [0.1, 0.15) is 46.9 Å². The van der Waals surface area contributed by atoms with E-state index in [0.717, 1.165) is 11.1 Å². The molecule has 2 aliphatic rings. The molecule has 1 unspecified atom stereocenters. The van der Waals surface area contributed by atoms with Crippen LogP contribution in [-0.4, -0.2) is 16.7 Å². The number of rotatable bonds is 6. The van der Waals surface area contributed by atoms with Crippen LogP contribution < -0.4 is 15.9 Å². The van der Waals surface area contributed by atoms with Gasteiger partial charge in [-0.1, -0.05) is 42.5 Å². The van der Waals surface area contributed by atoms with Crippen molar-refractivity contribution in [3.8, 4) is 11.8 Å². The molecule has 8 heteroatoms. The van der Waals surface area contributed by atoms with Crippen LogP contribution in [0.5, 0.6) is 5.75 Å². The van der Waals surface area contributed by atoms with Crippen LogP contribution in [0.3, 0.4) is 0 Å². The van der Waals surface area contributed by atoms with Crippen LogP contribution >= 0.6 is 0 Å². The zero-order valence-corrected chi connectivity index (χ0v) is 19.4. The van der Waals surface area contributed by atoms with Crippen LogP contribution in [-0.2, 0) is 11.4 Å². The summed E-state index contributed by atoms with van der Waals surface area (Å²) in [4.78, 5) is 25.9. The van der Waals surface area contributed by atoms with Gasteiger partial charge in [-0.05, 0) is 48.2 Å². The van der Waals surface area contributed by atoms with Gasteiger partial charge in [0.25, 0.3) is 0 Å². The largest absolute Gasteiger partial charge is 0.489 e. The molecule has 180 valence electrons. The van der Waals surface area contributed by atoms with Crippen molar-refractivity contribution in [2.24, 2.45) is 5.73 Å². The first-order chi connectivity index (χ1) is 17.6. The van der Waals surface area contributed by atoms with Gasteiger partial charge < -0.3 is 14.9 Å². The highest BCUT2D eigenvalue weighted by molar-refractivity contribution is 6.00. The van der Waals surface area contributed by atoms with Crippen molar-refractivity contribution in [2.45, 2.75) is 31.8 Å². The Labute approximate surface area is 208 Å². The number of hydrogen-bond donors (Lipinski definition) is 2. The molecule has 5 rings (SSSR count). The number of nitrogens with one attached hydrogen (secondary N) is 1. The summed E-state index contributed by atoms with van der Waals surface area (Å²) in [6, 6.07) is 22.5. The van der Waals surface area contributed by atoms with Crippen molar-refractivity contribution in [1.29, 1.82) is 5.26 Å². The molecule has 0 bridgehead atoms. The SMILES string of the molecule is N#CC1=C(N)N(NC(=O)c2ccco2)C2=C(C(=O)CCC2)C1c1cccc(OCc2ccccc2)c1. The van der Waals surface area contributed by atoms with E-state index >= 15 is 0 Å². The summed E-state index contributed by atoms with van der Waals surface area (Å²) in [5.41, 5.74) is 12.1.